The van der Waals surface area contributed by atoms with E-state index >= 15 is 0 Å². The minimum absolute atomic E-state index is 0.399. The lowest BCUT2D eigenvalue weighted by Gasteiger charge is -2.62. The van der Waals surface area contributed by atoms with Crippen molar-refractivity contribution in [3.8, 4) is 0 Å². The van der Waals surface area contributed by atoms with E-state index < -0.39 is 21.2 Å². The highest BCUT2D eigenvalue weighted by molar-refractivity contribution is 6.63. The molecule has 0 fully saturated rings. The molecule has 10 radical (unpaired) electrons. The summed E-state index contributed by atoms with van der Waals surface area (Å²) in [5, 5.41) is -3.38. The van der Waals surface area contributed by atoms with E-state index in [1.165, 1.54) is 0 Å². The van der Waals surface area contributed by atoms with Crippen molar-refractivity contribution in [3.05, 3.63) is 0 Å². The largest absolute Gasteiger partial charge is 0.132 e. The highest BCUT2D eigenvalue weighted by Gasteiger charge is 2.51. The highest BCUT2D eigenvalue weighted by Crippen LogP contribution is 2.67. The molecule has 0 aromatic carbocycles. The van der Waals surface area contributed by atoms with Gasteiger partial charge in [0.1, 0.15) is 0 Å². The van der Waals surface area contributed by atoms with Crippen molar-refractivity contribution in [2.45, 2.75) is 50.4 Å². The van der Waals surface area contributed by atoms with Gasteiger partial charge in [0.25, 0.3) is 0 Å². The predicted octanol–water partition coefficient (Wildman–Crippen LogP) is 1.31. The molecular formula is C9H15B5. The SMILES string of the molecule is [B]C([B])([B])C([B])(C([B])(C)C)C(C)(C)C. The summed E-state index contributed by atoms with van der Waals surface area (Å²) in [5.74, 6) is 0. The zero-order valence-corrected chi connectivity index (χ0v) is 9.89. The fourth-order valence-electron chi connectivity index (χ4n) is 2.17. The molecule has 0 aromatic heterocycles. The van der Waals surface area contributed by atoms with Gasteiger partial charge in [-0.15, -0.1) is 5.11 Å². The van der Waals surface area contributed by atoms with E-state index in [0.29, 0.717) is 0 Å². The van der Waals surface area contributed by atoms with E-state index in [2.05, 4.69) is 0 Å². The van der Waals surface area contributed by atoms with E-state index in [9.17, 15) is 0 Å². The maximum Gasteiger partial charge on any atom is 0.0735 e. The molecule has 0 spiro atoms. The Kier molecular flexibility index (Phi) is 3.50. The molecular weight excluding hydrogens is 162 g/mol. The molecule has 0 saturated carbocycles. The second-order valence-corrected chi connectivity index (χ2v) is 5.71. The summed E-state index contributed by atoms with van der Waals surface area (Å²) in [5.41, 5.74) is -0.399. The van der Waals surface area contributed by atoms with Crippen molar-refractivity contribution < 1.29 is 0 Å². The van der Waals surface area contributed by atoms with E-state index in [-0.39, 0.29) is 0 Å². The van der Waals surface area contributed by atoms with Gasteiger partial charge in [-0.3, -0.25) is 0 Å². The normalized spacial score (nSPS) is 18.9. The minimum atomic E-state index is -1.52. The number of rotatable bonds is 2. The zero-order chi connectivity index (χ0) is 12.0. The molecule has 0 saturated heterocycles. The average Bonchev–Trinajstić information content (AvgIpc) is 1.77. The molecule has 14 heavy (non-hydrogen) atoms. The molecule has 0 N–H and O–H groups in total. The van der Waals surface area contributed by atoms with Crippen LogP contribution >= 0.6 is 0 Å². The van der Waals surface area contributed by atoms with Crippen molar-refractivity contribution in [2.75, 3.05) is 0 Å². The van der Waals surface area contributed by atoms with Crippen molar-refractivity contribution >= 4 is 39.2 Å². The highest BCUT2D eigenvalue weighted by atomic mass is 14.5. The quantitative estimate of drug-likeness (QED) is 0.558. The van der Waals surface area contributed by atoms with Crippen LogP contribution in [0.2, 0.25) is 15.7 Å². The lowest BCUT2D eigenvalue weighted by molar-refractivity contribution is 0.210. The zero-order valence-electron chi connectivity index (χ0n) is 9.89. The lowest BCUT2D eigenvalue weighted by atomic mass is 9.18. The van der Waals surface area contributed by atoms with Crippen LogP contribution in [0.25, 0.3) is 0 Å². The third-order valence-electron chi connectivity index (χ3n) is 2.88. The maximum absolute atomic E-state index is 6.23. The first-order valence-electron chi connectivity index (χ1n) is 4.69. The van der Waals surface area contributed by atoms with Crippen LogP contribution in [0.1, 0.15) is 34.6 Å². The van der Waals surface area contributed by atoms with E-state index in [1.807, 2.05) is 20.8 Å². The third-order valence-corrected chi connectivity index (χ3v) is 2.88. The van der Waals surface area contributed by atoms with Gasteiger partial charge >= 0.3 is 0 Å². The van der Waals surface area contributed by atoms with Gasteiger partial charge in [-0.2, -0.15) is 0 Å². The molecule has 0 aliphatic rings. The van der Waals surface area contributed by atoms with Crippen LogP contribution in [0.5, 0.6) is 0 Å². The molecule has 0 bridgehead atoms. The standard InChI is InChI=1S/C9H15B5/c1-6(2,3)8(11,7(4,5)10)9(12,13)14/h1-5H3. The Balaban J connectivity index is 5.54. The molecule has 0 aromatic rings. The summed E-state index contributed by atoms with van der Waals surface area (Å²) in [4.78, 5) is 0. The summed E-state index contributed by atoms with van der Waals surface area (Å²) < 4.78 is 0. The first kappa shape index (κ1) is 14.3. The number of hydrogen-bond acceptors (Lipinski definition) is 0. The van der Waals surface area contributed by atoms with Crippen LogP contribution in [0.15, 0.2) is 0 Å². The molecule has 66 valence electrons. The summed E-state index contributed by atoms with van der Waals surface area (Å²) in [7, 11) is 29.5. The van der Waals surface area contributed by atoms with Crippen LogP contribution < -0.4 is 0 Å². The van der Waals surface area contributed by atoms with Crippen LogP contribution in [-0.4, -0.2) is 39.2 Å². The number of hydrogen-bond donors (Lipinski definition) is 0. The van der Waals surface area contributed by atoms with Crippen molar-refractivity contribution in [2.24, 2.45) is 5.41 Å². The molecule has 1 unspecified atom stereocenters. The second-order valence-electron chi connectivity index (χ2n) is 5.71. The Bertz CT molecular complexity index is 167. The lowest BCUT2D eigenvalue weighted by Crippen LogP contribution is -2.48. The maximum atomic E-state index is 6.23. The smallest absolute Gasteiger partial charge is 0.0735 e. The second kappa shape index (κ2) is 3.42. The van der Waals surface area contributed by atoms with Crippen molar-refractivity contribution in [1.29, 1.82) is 0 Å². The van der Waals surface area contributed by atoms with E-state index in [4.69, 9.17) is 39.2 Å². The van der Waals surface area contributed by atoms with Gasteiger partial charge in [-0.1, -0.05) is 45.2 Å². The Labute approximate surface area is 95.4 Å². The van der Waals surface area contributed by atoms with Gasteiger partial charge in [0.2, 0.25) is 0 Å². The van der Waals surface area contributed by atoms with Gasteiger partial charge in [-0.25, -0.2) is 0 Å². The third kappa shape index (κ3) is 2.12. The Morgan fingerprint density at radius 1 is 0.643 bits per heavy atom. The molecule has 0 aliphatic heterocycles. The molecule has 1 atom stereocenters. The fraction of sp³-hybridized carbons (Fsp3) is 1.00. The topological polar surface area (TPSA) is 0 Å². The molecule has 0 aliphatic carbocycles. The Hall–Kier alpha value is 0.325. The van der Waals surface area contributed by atoms with E-state index in [1.54, 1.807) is 13.8 Å². The molecule has 5 heteroatoms. The Morgan fingerprint density at radius 2 is 0.929 bits per heavy atom. The molecule has 0 amide bonds. The van der Waals surface area contributed by atoms with Crippen molar-refractivity contribution in [3.63, 3.8) is 0 Å². The summed E-state index contributed by atoms with van der Waals surface area (Å²) in [6, 6.07) is 0. The molecule has 0 rings (SSSR count). The van der Waals surface area contributed by atoms with E-state index in [0.717, 1.165) is 0 Å². The van der Waals surface area contributed by atoms with Crippen LogP contribution in [0, 0.1) is 5.41 Å². The Morgan fingerprint density at radius 3 is 0.929 bits per heavy atom. The van der Waals surface area contributed by atoms with Gasteiger partial charge in [0.15, 0.2) is 0 Å². The molecule has 0 nitrogen and oxygen atoms in total. The van der Waals surface area contributed by atoms with Crippen molar-refractivity contribution in [1.82, 2.24) is 0 Å². The van der Waals surface area contributed by atoms with Gasteiger partial charge in [0, 0.05) is 0 Å². The predicted molar refractivity (Wildman–Crippen MR) is 67.7 cm³/mol. The van der Waals surface area contributed by atoms with Crippen LogP contribution in [0.4, 0.5) is 0 Å². The van der Waals surface area contributed by atoms with Gasteiger partial charge in [0.05, 0.1) is 39.2 Å². The first-order valence-corrected chi connectivity index (χ1v) is 4.69. The van der Waals surface area contributed by atoms with Gasteiger partial charge in [-0.05, 0) is 5.41 Å². The summed E-state index contributed by atoms with van der Waals surface area (Å²) >= 11 is 0. The summed E-state index contributed by atoms with van der Waals surface area (Å²) in [6.45, 7) is 9.31. The minimum Gasteiger partial charge on any atom is -0.132 e. The van der Waals surface area contributed by atoms with Crippen LogP contribution in [-0.2, 0) is 0 Å². The fourth-order valence-corrected chi connectivity index (χ4v) is 2.17. The van der Waals surface area contributed by atoms with Gasteiger partial charge < -0.3 is 0 Å². The first-order chi connectivity index (χ1) is 5.75. The monoisotopic (exact) mass is 178 g/mol. The van der Waals surface area contributed by atoms with Crippen LogP contribution in [0.3, 0.4) is 0 Å². The average molecular weight is 177 g/mol. The summed E-state index contributed by atoms with van der Waals surface area (Å²) in [6.07, 6.45) is 0. The molecule has 0 heterocycles.